The van der Waals surface area contributed by atoms with E-state index in [1.54, 1.807) is 0 Å². The van der Waals surface area contributed by atoms with E-state index in [4.69, 9.17) is 16.3 Å². The van der Waals surface area contributed by atoms with Crippen LogP contribution in [0.1, 0.15) is 48.0 Å². The van der Waals surface area contributed by atoms with Crippen LogP contribution in [0, 0.1) is 0 Å². The summed E-state index contributed by atoms with van der Waals surface area (Å²) in [5, 5.41) is -0.0731. The molecule has 0 bridgehead atoms. The normalized spacial score (nSPS) is 15.5. The zero-order chi connectivity index (χ0) is 22.6. The van der Waals surface area contributed by atoms with E-state index < -0.39 is 38.6 Å². The predicted molar refractivity (Wildman–Crippen MR) is 106 cm³/mol. The van der Waals surface area contributed by atoms with Gasteiger partial charge in [-0.05, 0) is 55.5 Å². The van der Waals surface area contributed by atoms with Gasteiger partial charge in [0.05, 0.1) is 11.3 Å². The van der Waals surface area contributed by atoms with Crippen molar-refractivity contribution in [3.63, 3.8) is 0 Å². The molecule has 0 saturated heterocycles. The number of nitrogens with zero attached hydrogens (tertiary/aromatic N) is 1. The van der Waals surface area contributed by atoms with Gasteiger partial charge in [-0.3, -0.25) is 4.98 Å². The molecule has 0 spiro atoms. The number of alkyl halides is 3. The minimum Gasteiger partial charge on any atom is -0.459 e. The number of aromatic nitrogens is 1. The molecule has 31 heavy (non-hydrogen) atoms. The van der Waals surface area contributed by atoms with Crippen molar-refractivity contribution in [3.05, 3.63) is 52.8 Å². The highest BCUT2D eigenvalue weighted by Gasteiger charge is 2.34. The summed E-state index contributed by atoms with van der Waals surface area (Å²) in [5.41, 5.74) is 0.173. The summed E-state index contributed by atoms with van der Waals surface area (Å²) >= 11 is 5.78. The number of ether oxygens (including phenoxy) is 2. The fourth-order valence-corrected chi connectivity index (χ4v) is 5.02. The SMILES string of the molecule is O=C(OC1CCCCC1)c1cncc(CS(=O)(=O)c2cc(Cl)ccc2OC(F)(F)F)c1. The summed E-state index contributed by atoms with van der Waals surface area (Å²) in [4.78, 5) is 15.5. The number of benzene rings is 1. The Morgan fingerprint density at radius 3 is 2.52 bits per heavy atom. The highest BCUT2D eigenvalue weighted by Crippen LogP contribution is 2.33. The van der Waals surface area contributed by atoms with Crippen LogP contribution in [-0.2, 0) is 20.3 Å². The Kier molecular flexibility index (Phi) is 7.10. The molecule has 1 heterocycles. The largest absolute Gasteiger partial charge is 0.573 e. The first-order valence-corrected chi connectivity index (χ1v) is 11.5. The van der Waals surface area contributed by atoms with Gasteiger partial charge >= 0.3 is 12.3 Å². The van der Waals surface area contributed by atoms with E-state index in [2.05, 4.69) is 9.72 Å². The van der Waals surface area contributed by atoms with Gasteiger partial charge in [-0.25, -0.2) is 13.2 Å². The zero-order valence-corrected chi connectivity index (χ0v) is 17.8. The Balaban J connectivity index is 1.81. The quantitative estimate of drug-likeness (QED) is 0.538. The van der Waals surface area contributed by atoms with Crippen molar-refractivity contribution >= 4 is 27.4 Å². The second-order valence-corrected chi connectivity index (χ2v) is 9.54. The van der Waals surface area contributed by atoms with Gasteiger partial charge in [-0.1, -0.05) is 18.0 Å². The van der Waals surface area contributed by atoms with Crippen molar-refractivity contribution in [2.75, 3.05) is 0 Å². The van der Waals surface area contributed by atoms with Gasteiger partial charge in [0, 0.05) is 17.4 Å². The van der Waals surface area contributed by atoms with Crippen LogP contribution in [0.25, 0.3) is 0 Å². The van der Waals surface area contributed by atoms with E-state index in [1.165, 1.54) is 18.5 Å². The topological polar surface area (TPSA) is 82.6 Å². The zero-order valence-electron chi connectivity index (χ0n) is 16.2. The number of hydrogen-bond acceptors (Lipinski definition) is 6. The monoisotopic (exact) mass is 477 g/mol. The molecular formula is C20H19ClF3NO5S. The van der Waals surface area contributed by atoms with Crippen LogP contribution in [-0.4, -0.2) is 31.8 Å². The number of hydrogen-bond donors (Lipinski definition) is 0. The van der Waals surface area contributed by atoms with E-state index in [0.717, 1.165) is 50.3 Å². The Morgan fingerprint density at radius 1 is 1.13 bits per heavy atom. The lowest BCUT2D eigenvalue weighted by molar-refractivity contribution is -0.275. The van der Waals surface area contributed by atoms with Gasteiger partial charge in [0.1, 0.15) is 16.7 Å². The fourth-order valence-electron chi connectivity index (χ4n) is 3.31. The molecule has 0 atom stereocenters. The van der Waals surface area contributed by atoms with Crippen LogP contribution in [0.3, 0.4) is 0 Å². The van der Waals surface area contributed by atoms with Gasteiger partial charge in [-0.15, -0.1) is 13.2 Å². The first-order valence-electron chi connectivity index (χ1n) is 9.46. The van der Waals surface area contributed by atoms with Gasteiger partial charge < -0.3 is 9.47 Å². The molecular weight excluding hydrogens is 459 g/mol. The molecule has 6 nitrogen and oxygen atoms in total. The third kappa shape index (κ3) is 6.57. The number of carbonyl (C=O) groups is 1. The molecule has 168 valence electrons. The summed E-state index contributed by atoms with van der Waals surface area (Å²) in [6.07, 6.45) is 1.75. The van der Waals surface area contributed by atoms with Gasteiger partial charge in [0.2, 0.25) is 0 Å². The van der Waals surface area contributed by atoms with E-state index in [9.17, 15) is 26.4 Å². The van der Waals surface area contributed by atoms with Crippen LogP contribution in [0.5, 0.6) is 5.75 Å². The summed E-state index contributed by atoms with van der Waals surface area (Å²) in [5.74, 6) is -2.22. The summed E-state index contributed by atoms with van der Waals surface area (Å²) in [6.45, 7) is 0. The smallest absolute Gasteiger partial charge is 0.459 e. The average molecular weight is 478 g/mol. The standard InChI is InChI=1S/C20H19ClF3NO5S/c21-15-6-7-17(30-20(22,23)24)18(9-15)31(27,28)12-13-8-14(11-25-10-13)19(26)29-16-4-2-1-3-5-16/h6-11,16H,1-5,12H2. The highest BCUT2D eigenvalue weighted by molar-refractivity contribution is 7.90. The van der Waals surface area contributed by atoms with Crippen molar-refractivity contribution < 1.29 is 35.9 Å². The minimum atomic E-state index is -5.08. The summed E-state index contributed by atoms with van der Waals surface area (Å²) in [6, 6.07) is 4.10. The van der Waals surface area contributed by atoms with Crippen LogP contribution < -0.4 is 4.74 Å². The molecule has 0 radical (unpaired) electrons. The lowest BCUT2D eigenvalue weighted by atomic mass is 9.98. The molecule has 0 aliphatic heterocycles. The maximum atomic E-state index is 12.8. The second kappa shape index (κ2) is 9.44. The highest BCUT2D eigenvalue weighted by atomic mass is 35.5. The molecule has 1 fully saturated rings. The molecule has 0 N–H and O–H groups in total. The van der Waals surface area contributed by atoms with E-state index >= 15 is 0 Å². The van der Waals surface area contributed by atoms with Crippen molar-refractivity contribution in [2.45, 2.75) is 55.2 Å². The summed E-state index contributed by atoms with van der Waals surface area (Å²) < 4.78 is 72.9. The molecule has 1 aliphatic carbocycles. The van der Waals surface area contributed by atoms with Crippen LogP contribution in [0.15, 0.2) is 41.6 Å². The van der Waals surface area contributed by atoms with Crippen molar-refractivity contribution in [2.24, 2.45) is 0 Å². The maximum Gasteiger partial charge on any atom is 0.573 e. The summed E-state index contributed by atoms with van der Waals surface area (Å²) in [7, 11) is -4.31. The Labute approximate surface area is 182 Å². The van der Waals surface area contributed by atoms with Crippen molar-refractivity contribution in [1.29, 1.82) is 0 Å². The Bertz CT molecular complexity index is 1050. The van der Waals surface area contributed by atoms with E-state index in [1.807, 2.05) is 0 Å². The predicted octanol–water partition coefficient (Wildman–Crippen LogP) is 5.10. The van der Waals surface area contributed by atoms with Gasteiger partial charge in [0.15, 0.2) is 9.84 Å². The van der Waals surface area contributed by atoms with Crippen molar-refractivity contribution in [3.8, 4) is 5.75 Å². The van der Waals surface area contributed by atoms with Gasteiger partial charge in [-0.2, -0.15) is 0 Å². The Hall–Kier alpha value is -2.33. The maximum absolute atomic E-state index is 12.8. The lowest BCUT2D eigenvalue weighted by Gasteiger charge is -2.21. The average Bonchev–Trinajstić information content (AvgIpc) is 2.69. The molecule has 1 aliphatic rings. The molecule has 0 unspecified atom stereocenters. The van der Waals surface area contributed by atoms with Crippen LogP contribution >= 0.6 is 11.6 Å². The molecule has 2 aromatic rings. The molecule has 0 amide bonds. The van der Waals surface area contributed by atoms with E-state index in [0.29, 0.717) is 0 Å². The number of rotatable bonds is 6. The fraction of sp³-hybridized carbons (Fsp3) is 0.400. The van der Waals surface area contributed by atoms with Gasteiger partial charge in [0.25, 0.3) is 0 Å². The molecule has 3 rings (SSSR count). The number of sulfone groups is 1. The Morgan fingerprint density at radius 2 is 1.84 bits per heavy atom. The molecule has 1 aromatic heterocycles. The number of halogens is 4. The first-order chi connectivity index (χ1) is 14.5. The number of pyridine rings is 1. The number of carbonyl (C=O) groups excluding carboxylic acids is 1. The van der Waals surface area contributed by atoms with Crippen LogP contribution in [0.4, 0.5) is 13.2 Å². The molecule has 1 saturated carbocycles. The third-order valence-electron chi connectivity index (χ3n) is 4.68. The lowest BCUT2D eigenvalue weighted by Crippen LogP contribution is -2.21. The molecule has 11 heteroatoms. The van der Waals surface area contributed by atoms with Crippen LogP contribution in [0.2, 0.25) is 5.02 Å². The second-order valence-electron chi connectivity index (χ2n) is 7.15. The number of esters is 1. The van der Waals surface area contributed by atoms with Crippen molar-refractivity contribution in [1.82, 2.24) is 4.98 Å². The minimum absolute atomic E-state index is 0.0659. The van der Waals surface area contributed by atoms with E-state index in [-0.39, 0.29) is 22.3 Å². The molecule has 1 aromatic carbocycles. The first kappa shape index (κ1) is 23.3. The third-order valence-corrected chi connectivity index (χ3v) is 6.62.